The van der Waals surface area contributed by atoms with Crippen LogP contribution in [-0.4, -0.2) is 29.5 Å². The molecule has 3 rings (SSSR count). The maximum atomic E-state index is 5.68. The smallest absolute Gasteiger partial charge is 0.0649 e. The summed E-state index contributed by atoms with van der Waals surface area (Å²) >= 11 is 0. The highest BCUT2D eigenvalue weighted by Gasteiger charge is 2.27. The molecule has 1 saturated heterocycles. The minimum atomic E-state index is 0.290. The van der Waals surface area contributed by atoms with E-state index < -0.39 is 0 Å². The first kappa shape index (κ1) is 14.3. The fourth-order valence-electron chi connectivity index (χ4n) is 3.10. The van der Waals surface area contributed by atoms with Crippen LogP contribution in [-0.2, 0) is 4.74 Å². The number of hydrogen-bond donors (Lipinski definition) is 1. The van der Waals surface area contributed by atoms with Gasteiger partial charge in [0.2, 0.25) is 0 Å². The van der Waals surface area contributed by atoms with Crippen molar-refractivity contribution in [3.63, 3.8) is 0 Å². The molecule has 2 unspecified atom stereocenters. The zero-order valence-corrected chi connectivity index (χ0v) is 12.5. The van der Waals surface area contributed by atoms with Gasteiger partial charge >= 0.3 is 0 Å². The van der Waals surface area contributed by atoms with Crippen molar-refractivity contribution in [2.24, 2.45) is 5.92 Å². The Labute approximate surface area is 126 Å². The van der Waals surface area contributed by atoms with Crippen LogP contribution in [0.4, 0.5) is 0 Å². The third-order valence-electron chi connectivity index (χ3n) is 4.08. The lowest BCUT2D eigenvalue weighted by Gasteiger charge is -2.31. The molecule has 1 aromatic carbocycles. The molecule has 0 saturated carbocycles. The predicted octanol–water partition coefficient (Wildman–Crippen LogP) is 2.95. The van der Waals surface area contributed by atoms with Gasteiger partial charge in [0.25, 0.3) is 0 Å². The van der Waals surface area contributed by atoms with Gasteiger partial charge in [-0.05, 0) is 37.6 Å². The predicted molar refractivity (Wildman–Crippen MR) is 83.5 cm³/mol. The standard InChI is InChI=1S/C17H23N3O/c1-2-18-17(14-7-6-12-21-13-14)16-10-11-19-20(16)15-8-4-3-5-9-15/h3-5,8-11,14,17-18H,2,6-7,12-13H2,1H3. The number of hydrogen-bond acceptors (Lipinski definition) is 3. The van der Waals surface area contributed by atoms with E-state index in [1.54, 1.807) is 0 Å². The van der Waals surface area contributed by atoms with E-state index in [-0.39, 0.29) is 6.04 Å². The van der Waals surface area contributed by atoms with Gasteiger partial charge in [-0.2, -0.15) is 5.10 Å². The summed E-state index contributed by atoms with van der Waals surface area (Å²) in [5.41, 5.74) is 2.33. The van der Waals surface area contributed by atoms with Gasteiger partial charge < -0.3 is 10.1 Å². The largest absolute Gasteiger partial charge is 0.381 e. The molecular weight excluding hydrogens is 262 g/mol. The number of rotatable bonds is 5. The average Bonchev–Trinajstić information content (AvgIpc) is 3.03. The Bertz CT molecular complexity index is 546. The van der Waals surface area contributed by atoms with Gasteiger partial charge in [0.05, 0.1) is 24.0 Å². The minimum Gasteiger partial charge on any atom is -0.381 e. The summed E-state index contributed by atoms with van der Waals surface area (Å²) in [4.78, 5) is 0. The van der Waals surface area contributed by atoms with Crippen LogP contribution in [0, 0.1) is 5.92 Å². The van der Waals surface area contributed by atoms with Crippen molar-refractivity contribution in [1.29, 1.82) is 0 Å². The molecule has 2 heterocycles. The van der Waals surface area contributed by atoms with Crippen LogP contribution in [0.5, 0.6) is 0 Å². The fraction of sp³-hybridized carbons (Fsp3) is 0.471. The number of aromatic nitrogens is 2. The van der Waals surface area contributed by atoms with Crippen LogP contribution in [0.2, 0.25) is 0 Å². The Morgan fingerprint density at radius 1 is 1.33 bits per heavy atom. The summed E-state index contributed by atoms with van der Waals surface area (Å²) in [7, 11) is 0. The summed E-state index contributed by atoms with van der Waals surface area (Å²) in [6.45, 7) is 4.83. The Morgan fingerprint density at radius 2 is 2.19 bits per heavy atom. The number of nitrogens with zero attached hydrogens (tertiary/aromatic N) is 2. The molecule has 1 fully saturated rings. The average molecular weight is 285 g/mol. The second-order valence-corrected chi connectivity index (χ2v) is 5.52. The first-order valence-corrected chi connectivity index (χ1v) is 7.80. The molecule has 2 atom stereocenters. The molecule has 0 amide bonds. The van der Waals surface area contributed by atoms with Gasteiger partial charge in [-0.25, -0.2) is 4.68 Å². The second kappa shape index (κ2) is 6.87. The quantitative estimate of drug-likeness (QED) is 0.918. The number of para-hydroxylation sites is 1. The molecule has 1 aromatic heterocycles. The van der Waals surface area contributed by atoms with Crippen molar-refractivity contribution in [3.05, 3.63) is 48.3 Å². The molecule has 1 aliphatic heterocycles. The summed E-state index contributed by atoms with van der Waals surface area (Å²) < 4.78 is 7.73. The van der Waals surface area contributed by atoms with Crippen LogP contribution in [0.1, 0.15) is 31.5 Å². The minimum absolute atomic E-state index is 0.290. The molecule has 112 valence electrons. The van der Waals surface area contributed by atoms with Crippen LogP contribution in [0.3, 0.4) is 0 Å². The normalized spacial score (nSPS) is 20.3. The lowest BCUT2D eigenvalue weighted by atomic mass is 9.91. The van der Waals surface area contributed by atoms with Crippen molar-refractivity contribution in [1.82, 2.24) is 15.1 Å². The third-order valence-corrected chi connectivity index (χ3v) is 4.08. The van der Waals surface area contributed by atoms with Gasteiger partial charge in [0.1, 0.15) is 0 Å². The van der Waals surface area contributed by atoms with E-state index >= 15 is 0 Å². The fourth-order valence-corrected chi connectivity index (χ4v) is 3.10. The van der Waals surface area contributed by atoms with E-state index in [1.807, 2.05) is 29.1 Å². The molecule has 4 nitrogen and oxygen atoms in total. The van der Waals surface area contributed by atoms with Crippen LogP contribution < -0.4 is 5.32 Å². The molecule has 1 aliphatic rings. The highest BCUT2D eigenvalue weighted by molar-refractivity contribution is 5.33. The number of ether oxygens (including phenoxy) is 1. The molecule has 21 heavy (non-hydrogen) atoms. The van der Waals surface area contributed by atoms with Crippen LogP contribution in [0.25, 0.3) is 5.69 Å². The SMILES string of the molecule is CCNC(c1ccnn1-c1ccccc1)C1CCCOC1. The Kier molecular flexibility index (Phi) is 4.68. The molecular formula is C17H23N3O. The van der Waals surface area contributed by atoms with E-state index in [0.717, 1.165) is 31.9 Å². The van der Waals surface area contributed by atoms with E-state index in [2.05, 4.69) is 35.5 Å². The summed E-state index contributed by atoms with van der Waals surface area (Å²) in [6.07, 6.45) is 4.24. The van der Waals surface area contributed by atoms with Gasteiger partial charge in [-0.1, -0.05) is 25.1 Å². The Morgan fingerprint density at radius 3 is 2.90 bits per heavy atom. The molecule has 0 aliphatic carbocycles. The van der Waals surface area contributed by atoms with E-state index in [0.29, 0.717) is 5.92 Å². The topological polar surface area (TPSA) is 39.1 Å². The lowest BCUT2D eigenvalue weighted by Crippen LogP contribution is -2.34. The first-order valence-electron chi connectivity index (χ1n) is 7.80. The second-order valence-electron chi connectivity index (χ2n) is 5.52. The Balaban J connectivity index is 1.91. The molecule has 2 aromatic rings. The molecule has 0 bridgehead atoms. The number of nitrogens with one attached hydrogen (secondary N) is 1. The lowest BCUT2D eigenvalue weighted by molar-refractivity contribution is 0.0383. The van der Waals surface area contributed by atoms with E-state index in [1.165, 1.54) is 12.1 Å². The van der Waals surface area contributed by atoms with E-state index in [4.69, 9.17) is 4.74 Å². The van der Waals surface area contributed by atoms with Gasteiger partial charge in [0.15, 0.2) is 0 Å². The van der Waals surface area contributed by atoms with Gasteiger partial charge in [-0.15, -0.1) is 0 Å². The monoisotopic (exact) mass is 285 g/mol. The summed E-state index contributed by atoms with van der Waals surface area (Å²) in [5.74, 6) is 0.512. The zero-order valence-electron chi connectivity index (χ0n) is 12.5. The van der Waals surface area contributed by atoms with Crippen molar-refractivity contribution >= 4 is 0 Å². The molecule has 4 heteroatoms. The number of benzene rings is 1. The van der Waals surface area contributed by atoms with Crippen molar-refractivity contribution < 1.29 is 4.74 Å². The van der Waals surface area contributed by atoms with Gasteiger partial charge in [0, 0.05) is 18.7 Å². The van der Waals surface area contributed by atoms with Gasteiger partial charge in [-0.3, -0.25) is 0 Å². The van der Waals surface area contributed by atoms with E-state index in [9.17, 15) is 0 Å². The van der Waals surface area contributed by atoms with Crippen molar-refractivity contribution in [2.75, 3.05) is 19.8 Å². The summed E-state index contributed by atoms with van der Waals surface area (Å²) in [6, 6.07) is 12.7. The maximum absolute atomic E-state index is 5.68. The van der Waals surface area contributed by atoms with Crippen molar-refractivity contribution in [3.8, 4) is 5.69 Å². The molecule has 1 N–H and O–H groups in total. The summed E-state index contributed by atoms with van der Waals surface area (Å²) in [5, 5.41) is 8.14. The zero-order chi connectivity index (χ0) is 14.5. The first-order chi connectivity index (χ1) is 10.4. The third kappa shape index (κ3) is 3.17. The van der Waals surface area contributed by atoms with Crippen LogP contribution in [0.15, 0.2) is 42.6 Å². The van der Waals surface area contributed by atoms with Crippen LogP contribution >= 0.6 is 0 Å². The van der Waals surface area contributed by atoms with Crippen molar-refractivity contribution in [2.45, 2.75) is 25.8 Å². The molecule has 0 spiro atoms. The maximum Gasteiger partial charge on any atom is 0.0649 e. The highest BCUT2D eigenvalue weighted by atomic mass is 16.5. The highest BCUT2D eigenvalue weighted by Crippen LogP contribution is 2.29. The Hall–Kier alpha value is -1.65. The molecule has 0 radical (unpaired) electrons.